The van der Waals surface area contributed by atoms with Crippen LogP contribution in [0.5, 0.6) is 0 Å². The Morgan fingerprint density at radius 2 is 1.46 bits per heavy atom. The van der Waals surface area contributed by atoms with Crippen LogP contribution in [0, 0.1) is 11.8 Å². The largest absolute Gasteiger partial charge is 0.416 e. The molecule has 0 aliphatic heterocycles. The van der Waals surface area contributed by atoms with Crippen molar-refractivity contribution < 1.29 is 18.0 Å². The van der Waals surface area contributed by atoms with Gasteiger partial charge in [0.2, 0.25) is 5.91 Å². The van der Waals surface area contributed by atoms with E-state index in [1.807, 2.05) is 11.9 Å². The Morgan fingerprint density at radius 1 is 0.962 bits per heavy atom. The number of benzene rings is 1. The molecule has 0 N–H and O–H groups in total. The highest BCUT2D eigenvalue weighted by Gasteiger charge is 2.44. The number of likely N-dealkylation sites (N-methyl/N-ethyl adjacent to an activating group) is 1. The molecule has 2 aliphatic rings. The Bertz CT molecular complexity index is 627. The summed E-state index contributed by atoms with van der Waals surface area (Å²) in [6.07, 6.45) is 0.310. The van der Waals surface area contributed by atoms with E-state index in [0.29, 0.717) is 23.4 Å². The van der Waals surface area contributed by atoms with E-state index in [0.717, 1.165) is 25.0 Å². The van der Waals surface area contributed by atoms with Crippen molar-refractivity contribution in [1.29, 1.82) is 0 Å². The van der Waals surface area contributed by atoms with Crippen molar-refractivity contribution in [2.75, 3.05) is 21.1 Å². The van der Waals surface area contributed by atoms with Gasteiger partial charge in [0, 0.05) is 19.1 Å². The van der Waals surface area contributed by atoms with Crippen molar-refractivity contribution in [2.45, 2.75) is 50.4 Å². The lowest BCUT2D eigenvalue weighted by molar-refractivity contribution is -0.137. The van der Waals surface area contributed by atoms with Crippen LogP contribution in [0.1, 0.15) is 36.8 Å². The van der Waals surface area contributed by atoms with Gasteiger partial charge >= 0.3 is 6.18 Å². The summed E-state index contributed by atoms with van der Waals surface area (Å²) in [5, 5.41) is 0. The molecule has 1 amide bonds. The van der Waals surface area contributed by atoms with E-state index < -0.39 is 11.7 Å². The zero-order valence-corrected chi connectivity index (χ0v) is 15.6. The summed E-state index contributed by atoms with van der Waals surface area (Å²) in [7, 11) is 6.09. The van der Waals surface area contributed by atoms with Crippen LogP contribution in [0.15, 0.2) is 24.3 Å². The van der Waals surface area contributed by atoms with Crippen molar-refractivity contribution in [1.82, 2.24) is 9.80 Å². The molecule has 3 rings (SSSR count). The van der Waals surface area contributed by atoms with E-state index >= 15 is 0 Å². The Labute approximate surface area is 153 Å². The van der Waals surface area contributed by atoms with Gasteiger partial charge in [-0.2, -0.15) is 13.2 Å². The fourth-order valence-corrected chi connectivity index (χ4v) is 4.60. The molecular formula is C20H27F3N2O. The Kier molecular flexibility index (Phi) is 5.33. The fraction of sp³-hybridized carbons (Fsp3) is 0.650. The van der Waals surface area contributed by atoms with E-state index in [9.17, 15) is 18.0 Å². The smallest absolute Gasteiger partial charge is 0.342 e. The lowest BCUT2D eigenvalue weighted by atomic mass is 10.0. The molecule has 0 radical (unpaired) electrons. The topological polar surface area (TPSA) is 23.6 Å². The van der Waals surface area contributed by atoms with Gasteiger partial charge in [0.05, 0.1) is 12.0 Å². The van der Waals surface area contributed by atoms with Crippen molar-refractivity contribution in [3.05, 3.63) is 35.4 Å². The average molecular weight is 368 g/mol. The molecule has 26 heavy (non-hydrogen) atoms. The van der Waals surface area contributed by atoms with Gasteiger partial charge in [-0.1, -0.05) is 12.1 Å². The van der Waals surface area contributed by atoms with Gasteiger partial charge in [-0.05, 0) is 69.3 Å². The maximum Gasteiger partial charge on any atom is 0.416 e. The standard InChI is InChI=1S/C20H27F3N2O/c1-24(2)17-9-14-11-18(12-15(14)10-17)25(3)19(26)8-13-4-6-16(7-5-13)20(21,22)23/h4-7,14-15,17-18H,8-12H2,1-3H3/t14-,15+,17?,18?. The van der Waals surface area contributed by atoms with Crippen LogP contribution >= 0.6 is 0 Å². The summed E-state index contributed by atoms with van der Waals surface area (Å²) in [4.78, 5) is 16.7. The predicted octanol–water partition coefficient (Wildman–Crippen LogP) is 3.83. The minimum absolute atomic E-state index is 0.0149. The van der Waals surface area contributed by atoms with Crippen LogP contribution in [0.25, 0.3) is 0 Å². The Balaban J connectivity index is 1.55. The number of amides is 1. The zero-order chi connectivity index (χ0) is 19.1. The maximum absolute atomic E-state index is 12.6. The summed E-state index contributed by atoms with van der Waals surface area (Å²) >= 11 is 0. The second-order valence-corrected chi connectivity index (χ2v) is 8.11. The highest BCUT2D eigenvalue weighted by atomic mass is 19.4. The molecule has 2 saturated carbocycles. The fourth-order valence-electron chi connectivity index (χ4n) is 4.60. The molecule has 1 aromatic rings. The third-order valence-corrected chi connectivity index (χ3v) is 6.27. The van der Waals surface area contributed by atoms with Crippen molar-refractivity contribution in [3.63, 3.8) is 0 Å². The second kappa shape index (κ2) is 7.22. The number of alkyl halides is 3. The molecule has 0 aromatic heterocycles. The first-order valence-corrected chi connectivity index (χ1v) is 9.23. The molecule has 0 bridgehead atoms. The molecule has 2 unspecified atom stereocenters. The molecule has 0 saturated heterocycles. The second-order valence-electron chi connectivity index (χ2n) is 8.11. The maximum atomic E-state index is 12.6. The summed E-state index contributed by atoms with van der Waals surface area (Å²) in [6, 6.07) is 5.81. The number of hydrogen-bond donors (Lipinski definition) is 0. The van der Waals surface area contributed by atoms with Crippen molar-refractivity contribution in [3.8, 4) is 0 Å². The number of carbonyl (C=O) groups is 1. The minimum Gasteiger partial charge on any atom is -0.342 e. The molecule has 4 atom stereocenters. The first kappa shape index (κ1) is 19.2. The van der Waals surface area contributed by atoms with Gasteiger partial charge in [0.1, 0.15) is 0 Å². The Hall–Kier alpha value is -1.56. The first-order chi connectivity index (χ1) is 12.1. The van der Waals surface area contributed by atoms with Gasteiger partial charge in [0.15, 0.2) is 0 Å². The van der Waals surface area contributed by atoms with E-state index in [1.165, 1.54) is 25.0 Å². The molecule has 1 aromatic carbocycles. The third kappa shape index (κ3) is 4.05. The zero-order valence-electron chi connectivity index (χ0n) is 15.6. The van der Waals surface area contributed by atoms with Crippen LogP contribution in [0.3, 0.4) is 0 Å². The molecular weight excluding hydrogens is 341 g/mol. The first-order valence-electron chi connectivity index (χ1n) is 9.23. The van der Waals surface area contributed by atoms with E-state index in [2.05, 4.69) is 19.0 Å². The van der Waals surface area contributed by atoms with E-state index in [1.54, 1.807) is 0 Å². The van der Waals surface area contributed by atoms with Gasteiger partial charge in [-0.3, -0.25) is 4.79 Å². The number of halogens is 3. The molecule has 6 heteroatoms. The molecule has 2 aliphatic carbocycles. The molecule has 0 spiro atoms. The number of fused-ring (bicyclic) bond motifs is 1. The summed E-state index contributed by atoms with van der Waals surface area (Å²) < 4.78 is 37.9. The molecule has 0 heterocycles. The number of hydrogen-bond acceptors (Lipinski definition) is 2. The third-order valence-electron chi connectivity index (χ3n) is 6.27. The van der Waals surface area contributed by atoms with Crippen LogP contribution in [-0.4, -0.2) is 48.9 Å². The molecule has 144 valence electrons. The van der Waals surface area contributed by atoms with Gasteiger partial charge in [0.25, 0.3) is 0 Å². The van der Waals surface area contributed by atoms with Crippen LogP contribution in [-0.2, 0) is 17.4 Å². The van der Waals surface area contributed by atoms with Crippen LogP contribution in [0.4, 0.5) is 13.2 Å². The van der Waals surface area contributed by atoms with E-state index in [-0.39, 0.29) is 18.4 Å². The summed E-state index contributed by atoms with van der Waals surface area (Å²) in [5.74, 6) is 1.36. The Morgan fingerprint density at radius 3 is 1.92 bits per heavy atom. The van der Waals surface area contributed by atoms with Gasteiger partial charge in [-0.15, -0.1) is 0 Å². The van der Waals surface area contributed by atoms with Crippen molar-refractivity contribution in [2.24, 2.45) is 11.8 Å². The number of carbonyl (C=O) groups excluding carboxylic acids is 1. The van der Waals surface area contributed by atoms with Gasteiger partial charge in [-0.25, -0.2) is 0 Å². The summed E-state index contributed by atoms with van der Waals surface area (Å²) in [5.41, 5.74) is -0.0539. The van der Waals surface area contributed by atoms with Crippen LogP contribution in [0.2, 0.25) is 0 Å². The summed E-state index contributed by atoms with van der Waals surface area (Å²) in [6.45, 7) is 0. The average Bonchev–Trinajstić information content (AvgIpc) is 3.12. The van der Waals surface area contributed by atoms with Crippen LogP contribution < -0.4 is 0 Å². The van der Waals surface area contributed by atoms with Crippen molar-refractivity contribution >= 4 is 5.91 Å². The highest BCUT2D eigenvalue weighted by molar-refractivity contribution is 5.78. The highest BCUT2D eigenvalue weighted by Crippen LogP contribution is 2.46. The lowest BCUT2D eigenvalue weighted by Gasteiger charge is -2.27. The molecule has 3 nitrogen and oxygen atoms in total. The predicted molar refractivity (Wildman–Crippen MR) is 94.6 cm³/mol. The number of rotatable bonds is 4. The minimum atomic E-state index is -4.34. The van der Waals surface area contributed by atoms with Gasteiger partial charge < -0.3 is 9.80 Å². The normalized spacial score (nSPS) is 28.4. The SMILES string of the molecule is CN(C)C1C[C@@H]2CC(N(C)C(=O)Cc3ccc(C(F)(F)F)cc3)C[C@@H]2C1. The quantitative estimate of drug-likeness (QED) is 0.807. The molecule has 2 fully saturated rings. The number of nitrogens with zero attached hydrogens (tertiary/aromatic N) is 2. The van der Waals surface area contributed by atoms with E-state index in [4.69, 9.17) is 0 Å². The monoisotopic (exact) mass is 368 g/mol. The lowest BCUT2D eigenvalue weighted by Crippen LogP contribution is -2.37.